The van der Waals surface area contributed by atoms with E-state index in [4.69, 9.17) is 0 Å². The van der Waals surface area contributed by atoms with Crippen LogP contribution < -0.4 is 0 Å². The maximum absolute atomic E-state index is 12.3. The highest BCUT2D eigenvalue weighted by molar-refractivity contribution is 6.10. The van der Waals surface area contributed by atoms with Gasteiger partial charge in [-0.1, -0.05) is 48.5 Å². The normalized spacial score (nSPS) is 11.5. The quantitative estimate of drug-likeness (QED) is 0.365. The Hall–Kier alpha value is -3.35. The maximum atomic E-state index is 12.3. The summed E-state index contributed by atoms with van der Waals surface area (Å²) in [4.78, 5) is 32.9. The van der Waals surface area contributed by atoms with Crippen molar-refractivity contribution in [3.63, 3.8) is 0 Å². The van der Waals surface area contributed by atoms with E-state index < -0.39 is 27.0 Å². The van der Waals surface area contributed by atoms with Gasteiger partial charge in [-0.05, 0) is 12.1 Å². The van der Waals surface area contributed by atoms with Crippen molar-refractivity contribution < 1.29 is 14.6 Å². The summed E-state index contributed by atoms with van der Waals surface area (Å²) in [6, 6.07) is 14.7. The molecule has 0 fully saturated rings. The molecule has 2 aromatic carbocycles. The molecule has 0 heterocycles. The highest BCUT2D eigenvalue weighted by Gasteiger charge is 2.37. The molecule has 2 rings (SSSR count). The number of nitro groups is 2. The van der Waals surface area contributed by atoms with Gasteiger partial charge in [0.05, 0.1) is 15.4 Å². The van der Waals surface area contributed by atoms with E-state index in [1.807, 2.05) is 0 Å². The first-order chi connectivity index (χ1) is 10.5. The summed E-state index contributed by atoms with van der Waals surface area (Å²) in [5, 5.41) is 22.5. The molecule has 0 radical (unpaired) electrons. The number of ketones is 1. The summed E-state index contributed by atoms with van der Waals surface area (Å²) in [5.41, 5.74) is -1.85. The number of Topliss-reactive ketones (excluding diaryl/α,β-unsaturated/α-hetero) is 1. The Morgan fingerprint density at radius 2 is 1.18 bits per heavy atom. The smallest absolute Gasteiger partial charge is 0.281 e. The molecular weight excluding hydrogens is 288 g/mol. The number of allylic oxidation sites excluding steroid dienone is 1. The van der Waals surface area contributed by atoms with Gasteiger partial charge in [0.15, 0.2) is 0 Å². The van der Waals surface area contributed by atoms with Crippen molar-refractivity contribution in [1.29, 1.82) is 0 Å². The van der Waals surface area contributed by atoms with Crippen molar-refractivity contribution in [3.05, 3.63) is 97.7 Å². The molecule has 0 aromatic heterocycles. The van der Waals surface area contributed by atoms with Gasteiger partial charge in [0, 0.05) is 5.56 Å². The van der Waals surface area contributed by atoms with Gasteiger partial charge in [-0.3, -0.25) is 25.0 Å². The topological polar surface area (TPSA) is 103 Å². The Morgan fingerprint density at radius 3 is 1.59 bits per heavy atom. The summed E-state index contributed by atoms with van der Waals surface area (Å²) in [6.45, 7) is 0. The number of benzene rings is 2. The van der Waals surface area contributed by atoms with Gasteiger partial charge in [0.25, 0.3) is 5.78 Å². The van der Waals surface area contributed by atoms with Crippen molar-refractivity contribution in [2.24, 2.45) is 0 Å². The second-order valence-electron chi connectivity index (χ2n) is 4.27. The van der Waals surface area contributed by atoms with Crippen LogP contribution in [-0.2, 0) is 0 Å². The molecular formula is C15H10N2O5. The van der Waals surface area contributed by atoms with Gasteiger partial charge in [-0.15, -0.1) is 0 Å². The van der Waals surface area contributed by atoms with Crippen molar-refractivity contribution in [1.82, 2.24) is 0 Å². The van der Waals surface area contributed by atoms with Crippen LogP contribution in [0.5, 0.6) is 0 Å². The average Bonchev–Trinajstić information content (AvgIpc) is 2.52. The number of nitrogens with zero attached hydrogens (tertiary/aromatic N) is 2. The lowest BCUT2D eigenvalue weighted by atomic mass is 10.0. The number of hydrogen-bond acceptors (Lipinski definition) is 5. The molecule has 0 bridgehead atoms. The standard InChI is InChI=1S/C15H10N2O5/c18-15(12-9-5-2-6-10-12)14(17(21)22)13(16(19)20)11-7-3-1-4-8-11/h1-10H. The Labute approximate surface area is 124 Å². The molecule has 0 N–H and O–H groups in total. The SMILES string of the molecule is O=C(C(=C(c1ccccc1)[N+](=O)[O-])[N+](=O)[O-])c1ccccc1. The van der Waals surface area contributed by atoms with Crippen molar-refractivity contribution in [3.8, 4) is 0 Å². The lowest BCUT2D eigenvalue weighted by Gasteiger charge is -2.02. The summed E-state index contributed by atoms with van der Waals surface area (Å²) in [5.74, 6) is -0.999. The molecule has 110 valence electrons. The fraction of sp³-hybridized carbons (Fsp3) is 0. The molecule has 0 unspecified atom stereocenters. The Kier molecular flexibility index (Phi) is 4.38. The predicted molar refractivity (Wildman–Crippen MR) is 78.1 cm³/mol. The third-order valence-electron chi connectivity index (χ3n) is 2.89. The van der Waals surface area contributed by atoms with Crippen LogP contribution in [-0.4, -0.2) is 15.6 Å². The number of hydrogen-bond donors (Lipinski definition) is 0. The van der Waals surface area contributed by atoms with Gasteiger partial charge < -0.3 is 0 Å². The van der Waals surface area contributed by atoms with Crippen LogP contribution in [0.2, 0.25) is 0 Å². The zero-order valence-electron chi connectivity index (χ0n) is 11.2. The molecule has 0 aliphatic heterocycles. The molecule has 0 saturated carbocycles. The van der Waals surface area contributed by atoms with Crippen LogP contribution in [0.3, 0.4) is 0 Å². The van der Waals surface area contributed by atoms with E-state index in [1.54, 1.807) is 12.1 Å². The Balaban J connectivity index is 2.68. The minimum Gasteiger partial charge on any atom is -0.281 e. The van der Waals surface area contributed by atoms with E-state index in [1.165, 1.54) is 48.5 Å². The van der Waals surface area contributed by atoms with E-state index in [9.17, 15) is 25.0 Å². The molecule has 7 heteroatoms. The fourth-order valence-corrected chi connectivity index (χ4v) is 1.93. The van der Waals surface area contributed by atoms with Crippen molar-refractivity contribution >= 4 is 11.5 Å². The highest BCUT2D eigenvalue weighted by Crippen LogP contribution is 2.23. The molecule has 0 aliphatic rings. The van der Waals surface area contributed by atoms with E-state index in [2.05, 4.69) is 0 Å². The van der Waals surface area contributed by atoms with E-state index in [0.29, 0.717) is 0 Å². The van der Waals surface area contributed by atoms with Crippen molar-refractivity contribution in [2.45, 2.75) is 0 Å². The molecule has 0 saturated heterocycles. The van der Waals surface area contributed by atoms with Crippen molar-refractivity contribution in [2.75, 3.05) is 0 Å². The minimum atomic E-state index is -1.05. The van der Waals surface area contributed by atoms with E-state index >= 15 is 0 Å². The number of carbonyl (C=O) groups is 1. The highest BCUT2D eigenvalue weighted by atomic mass is 16.6. The zero-order valence-corrected chi connectivity index (χ0v) is 11.2. The van der Waals surface area contributed by atoms with Crippen LogP contribution in [0, 0.1) is 20.2 Å². The number of carbonyl (C=O) groups excluding carboxylic acids is 1. The van der Waals surface area contributed by atoms with Crippen LogP contribution >= 0.6 is 0 Å². The van der Waals surface area contributed by atoms with Gasteiger partial charge in [0.1, 0.15) is 0 Å². The average molecular weight is 298 g/mol. The molecule has 0 spiro atoms. The summed E-state index contributed by atoms with van der Waals surface area (Å²) < 4.78 is 0. The predicted octanol–water partition coefficient (Wildman–Crippen LogP) is 2.79. The Morgan fingerprint density at radius 1 is 0.727 bits per heavy atom. The summed E-state index contributed by atoms with van der Waals surface area (Å²) in [6.07, 6.45) is 0. The summed E-state index contributed by atoms with van der Waals surface area (Å²) in [7, 11) is 0. The molecule has 0 amide bonds. The van der Waals surface area contributed by atoms with Gasteiger partial charge in [-0.2, -0.15) is 0 Å². The maximum Gasteiger partial charge on any atom is 0.393 e. The fourth-order valence-electron chi connectivity index (χ4n) is 1.93. The Bertz CT molecular complexity index is 754. The second-order valence-corrected chi connectivity index (χ2v) is 4.27. The van der Waals surface area contributed by atoms with Gasteiger partial charge >= 0.3 is 11.4 Å². The first-order valence-electron chi connectivity index (χ1n) is 6.20. The third kappa shape index (κ3) is 3.04. The first kappa shape index (κ1) is 15.0. The van der Waals surface area contributed by atoms with Gasteiger partial charge in [-0.25, -0.2) is 0 Å². The molecule has 22 heavy (non-hydrogen) atoms. The third-order valence-corrected chi connectivity index (χ3v) is 2.89. The van der Waals surface area contributed by atoms with E-state index in [0.717, 1.165) is 0 Å². The van der Waals surface area contributed by atoms with Crippen LogP contribution in [0.4, 0.5) is 0 Å². The minimum absolute atomic E-state index is 0.00322. The molecule has 7 nitrogen and oxygen atoms in total. The number of rotatable bonds is 5. The van der Waals surface area contributed by atoms with Crippen LogP contribution in [0.1, 0.15) is 15.9 Å². The van der Waals surface area contributed by atoms with Gasteiger partial charge in [0.2, 0.25) is 0 Å². The van der Waals surface area contributed by atoms with E-state index in [-0.39, 0.29) is 11.1 Å². The second kappa shape index (κ2) is 6.40. The lowest BCUT2D eigenvalue weighted by molar-refractivity contribution is -0.437. The van der Waals surface area contributed by atoms with Crippen LogP contribution in [0.15, 0.2) is 66.4 Å². The largest absolute Gasteiger partial charge is 0.393 e. The molecule has 0 atom stereocenters. The molecule has 2 aromatic rings. The summed E-state index contributed by atoms with van der Waals surface area (Å²) >= 11 is 0. The lowest BCUT2D eigenvalue weighted by Crippen LogP contribution is -2.17. The zero-order chi connectivity index (χ0) is 16.1. The van der Waals surface area contributed by atoms with Crippen LogP contribution in [0.25, 0.3) is 5.70 Å². The first-order valence-corrected chi connectivity index (χ1v) is 6.20. The monoisotopic (exact) mass is 298 g/mol. The molecule has 0 aliphatic carbocycles.